The van der Waals surface area contributed by atoms with Crippen molar-refractivity contribution in [3.05, 3.63) is 83.2 Å². The molecule has 0 fully saturated rings. The molecule has 0 bridgehead atoms. The molecule has 0 spiro atoms. The SMILES string of the molecule is O=C(NCC(COC(=O)c1cc(Cl)c(O)c(Cl)c1)OC(=O)c1cc(Cl)c(O)c(Cl)c1)c1cc(Cl)c(O)c(Cl)c1. The predicted octanol–water partition coefficient (Wildman–Crippen LogP) is 6.54. The second-order valence-electron chi connectivity index (χ2n) is 7.70. The molecule has 0 heterocycles. The van der Waals surface area contributed by atoms with Crippen LogP contribution in [0, 0.1) is 0 Å². The average molecular weight is 658 g/mol. The van der Waals surface area contributed by atoms with E-state index in [-0.39, 0.29) is 53.4 Å². The van der Waals surface area contributed by atoms with Gasteiger partial charge in [-0.25, -0.2) is 9.59 Å². The maximum absolute atomic E-state index is 12.8. The van der Waals surface area contributed by atoms with Crippen LogP contribution in [0.3, 0.4) is 0 Å². The lowest BCUT2D eigenvalue weighted by molar-refractivity contribution is -0.0000296. The fourth-order valence-corrected chi connectivity index (χ4v) is 4.44. The summed E-state index contributed by atoms with van der Waals surface area (Å²) in [7, 11) is 0. The second kappa shape index (κ2) is 13.0. The normalized spacial score (nSPS) is 11.5. The molecule has 0 saturated heterocycles. The lowest BCUT2D eigenvalue weighted by Crippen LogP contribution is -2.38. The number of amides is 1. The van der Waals surface area contributed by atoms with E-state index in [1.165, 1.54) is 0 Å². The first-order valence-electron chi connectivity index (χ1n) is 10.5. The van der Waals surface area contributed by atoms with Crippen LogP contribution in [0.1, 0.15) is 31.1 Å². The maximum atomic E-state index is 12.8. The molecule has 0 aliphatic heterocycles. The standard InChI is InChI=1S/C24H15Cl6NO8/c25-13-1-9(2-14(26)19(13)32)22(35)31-7-12(39-24(37)11-5-17(29)21(34)18(30)6-11)8-38-23(36)10-3-15(27)20(33)16(28)4-10/h1-6,12,32-34H,7-8H2,(H,31,35). The van der Waals surface area contributed by atoms with Gasteiger partial charge in [0, 0.05) is 5.56 Å². The summed E-state index contributed by atoms with van der Waals surface area (Å²) >= 11 is 35.1. The minimum atomic E-state index is -1.26. The highest BCUT2D eigenvalue weighted by Gasteiger charge is 2.23. The number of ether oxygens (including phenoxy) is 2. The molecule has 39 heavy (non-hydrogen) atoms. The summed E-state index contributed by atoms with van der Waals surface area (Å²) < 4.78 is 10.6. The molecule has 3 rings (SSSR count). The molecule has 1 unspecified atom stereocenters. The Hall–Kier alpha value is -2.79. The fraction of sp³-hybridized carbons (Fsp3) is 0.125. The summed E-state index contributed by atoms with van der Waals surface area (Å²) in [5.74, 6) is -3.89. The van der Waals surface area contributed by atoms with E-state index in [2.05, 4.69) is 5.32 Å². The van der Waals surface area contributed by atoms with Crippen LogP contribution in [0.25, 0.3) is 0 Å². The summed E-state index contributed by atoms with van der Waals surface area (Å²) in [6, 6.07) is 6.77. The van der Waals surface area contributed by atoms with Crippen molar-refractivity contribution in [2.24, 2.45) is 0 Å². The van der Waals surface area contributed by atoms with Gasteiger partial charge in [-0.1, -0.05) is 69.6 Å². The molecular formula is C24H15Cl6NO8. The van der Waals surface area contributed by atoms with Gasteiger partial charge in [-0.15, -0.1) is 0 Å². The van der Waals surface area contributed by atoms with Gasteiger partial charge in [0.05, 0.1) is 47.8 Å². The first-order chi connectivity index (χ1) is 18.3. The first-order valence-corrected chi connectivity index (χ1v) is 12.8. The quantitative estimate of drug-likeness (QED) is 0.200. The van der Waals surface area contributed by atoms with Crippen LogP contribution >= 0.6 is 69.6 Å². The molecule has 9 nitrogen and oxygen atoms in total. The Kier molecular flexibility index (Phi) is 10.3. The number of benzene rings is 3. The van der Waals surface area contributed by atoms with Gasteiger partial charge in [-0.05, 0) is 36.4 Å². The predicted molar refractivity (Wildman–Crippen MR) is 146 cm³/mol. The highest BCUT2D eigenvalue weighted by Crippen LogP contribution is 2.35. The Bertz CT molecular complexity index is 1320. The van der Waals surface area contributed by atoms with Crippen molar-refractivity contribution in [2.75, 3.05) is 13.2 Å². The monoisotopic (exact) mass is 655 g/mol. The summed E-state index contributed by atoms with van der Waals surface area (Å²) in [5.41, 5.74) is -0.266. The van der Waals surface area contributed by atoms with Crippen molar-refractivity contribution >= 4 is 87.5 Å². The number of phenolic OH excluding ortho intramolecular Hbond substituents is 3. The molecule has 1 atom stereocenters. The number of hydrogen-bond donors (Lipinski definition) is 4. The lowest BCUT2D eigenvalue weighted by atomic mass is 10.2. The van der Waals surface area contributed by atoms with Crippen LogP contribution in [-0.2, 0) is 9.47 Å². The number of hydrogen-bond acceptors (Lipinski definition) is 8. The van der Waals surface area contributed by atoms with E-state index in [0.29, 0.717) is 0 Å². The van der Waals surface area contributed by atoms with Crippen molar-refractivity contribution in [2.45, 2.75) is 6.10 Å². The number of aromatic hydroxyl groups is 3. The zero-order valence-corrected chi connectivity index (χ0v) is 23.6. The Morgan fingerprint density at radius 3 is 1.41 bits per heavy atom. The molecule has 1 amide bonds. The number of esters is 2. The van der Waals surface area contributed by atoms with Gasteiger partial charge in [0.25, 0.3) is 5.91 Å². The van der Waals surface area contributed by atoms with Gasteiger partial charge in [-0.3, -0.25) is 4.79 Å². The van der Waals surface area contributed by atoms with E-state index >= 15 is 0 Å². The van der Waals surface area contributed by atoms with Crippen LogP contribution in [0.4, 0.5) is 0 Å². The van der Waals surface area contributed by atoms with Crippen LogP contribution in [0.15, 0.2) is 36.4 Å². The number of halogens is 6. The van der Waals surface area contributed by atoms with Gasteiger partial charge in [0.1, 0.15) is 6.61 Å². The average Bonchev–Trinajstić information content (AvgIpc) is 2.88. The summed E-state index contributed by atoms with van der Waals surface area (Å²) in [6.07, 6.45) is -1.26. The van der Waals surface area contributed by atoms with Gasteiger partial charge in [0.2, 0.25) is 0 Å². The third-order valence-corrected chi connectivity index (χ3v) is 6.68. The topological polar surface area (TPSA) is 142 Å². The van der Waals surface area contributed by atoms with E-state index in [1.807, 2.05) is 0 Å². The number of phenols is 3. The van der Waals surface area contributed by atoms with Gasteiger partial charge in [0.15, 0.2) is 23.4 Å². The summed E-state index contributed by atoms with van der Waals surface area (Å²) in [5, 5.41) is 30.4. The summed E-state index contributed by atoms with van der Waals surface area (Å²) in [6.45, 7) is -0.928. The van der Waals surface area contributed by atoms with Crippen LogP contribution in [0.5, 0.6) is 17.2 Å². The molecule has 0 saturated carbocycles. The molecule has 3 aromatic rings. The Morgan fingerprint density at radius 2 is 1.00 bits per heavy atom. The van der Waals surface area contributed by atoms with E-state index < -0.39 is 47.8 Å². The molecule has 0 aromatic heterocycles. The minimum absolute atomic E-state index is 0.0182. The molecule has 0 radical (unpaired) electrons. The van der Waals surface area contributed by atoms with Gasteiger partial charge >= 0.3 is 11.9 Å². The molecular weight excluding hydrogens is 643 g/mol. The van der Waals surface area contributed by atoms with E-state index in [9.17, 15) is 29.7 Å². The minimum Gasteiger partial charge on any atom is -0.505 e. The van der Waals surface area contributed by atoms with Crippen molar-refractivity contribution in [1.82, 2.24) is 5.32 Å². The molecule has 206 valence electrons. The van der Waals surface area contributed by atoms with Crippen molar-refractivity contribution in [1.29, 1.82) is 0 Å². The zero-order valence-electron chi connectivity index (χ0n) is 19.1. The van der Waals surface area contributed by atoms with Crippen LogP contribution in [-0.4, -0.2) is 52.4 Å². The fourth-order valence-electron chi connectivity index (χ4n) is 2.98. The molecule has 0 aliphatic carbocycles. The largest absolute Gasteiger partial charge is 0.505 e. The van der Waals surface area contributed by atoms with E-state index in [4.69, 9.17) is 79.1 Å². The highest BCUT2D eigenvalue weighted by atomic mass is 35.5. The molecule has 15 heteroatoms. The molecule has 0 aliphatic rings. The van der Waals surface area contributed by atoms with Gasteiger partial charge in [-0.2, -0.15) is 0 Å². The van der Waals surface area contributed by atoms with Crippen molar-refractivity contribution in [3.8, 4) is 17.2 Å². The number of carbonyl (C=O) groups is 3. The smallest absolute Gasteiger partial charge is 0.338 e. The van der Waals surface area contributed by atoms with Crippen LogP contribution in [0.2, 0.25) is 30.1 Å². The number of carbonyl (C=O) groups excluding carboxylic acids is 3. The lowest BCUT2D eigenvalue weighted by Gasteiger charge is -2.19. The highest BCUT2D eigenvalue weighted by molar-refractivity contribution is 6.38. The third-order valence-electron chi connectivity index (χ3n) is 4.95. The van der Waals surface area contributed by atoms with E-state index in [1.54, 1.807) is 0 Å². The van der Waals surface area contributed by atoms with Crippen molar-refractivity contribution < 1.29 is 39.2 Å². The second-order valence-corrected chi connectivity index (χ2v) is 10.1. The van der Waals surface area contributed by atoms with E-state index in [0.717, 1.165) is 36.4 Å². The first kappa shape index (κ1) is 30.7. The Labute approximate surface area is 250 Å². The third kappa shape index (κ3) is 7.66. The van der Waals surface area contributed by atoms with Crippen LogP contribution < -0.4 is 5.32 Å². The Morgan fingerprint density at radius 1 is 0.641 bits per heavy atom. The molecule has 4 N–H and O–H groups in total. The maximum Gasteiger partial charge on any atom is 0.338 e. The van der Waals surface area contributed by atoms with Crippen molar-refractivity contribution in [3.63, 3.8) is 0 Å². The summed E-state index contributed by atoms with van der Waals surface area (Å²) in [4.78, 5) is 37.9. The number of rotatable bonds is 8. The zero-order chi connectivity index (χ0) is 29.0. The number of nitrogens with one attached hydrogen (secondary N) is 1. The Balaban J connectivity index is 1.78. The van der Waals surface area contributed by atoms with Gasteiger partial charge < -0.3 is 30.1 Å². The molecule has 3 aromatic carbocycles.